The summed E-state index contributed by atoms with van der Waals surface area (Å²) in [6.45, 7) is 9.97. The summed E-state index contributed by atoms with van der Waals surface area (Å²) in [6, 6.07) is 5.97. The monoisotopic (exact) mass is 273 g/mol. The zero-order chi connectivity index (χ0) is 15.1. The molecule has 0 saturated carbocycles. The number of aromatic carboxylic acids is 1. The smallest absolute Gasteiger partial charge is 0.375 e. The summed E-state index contributed by atoms with van der Waals surface area (Å²) in [5.74, 6) is -0.643. The van der Waals surface area contributed by atoms with Crippen molar-refractivity contribution >= 4 is 5.97 Å². The lowest BCUT2D eigenvalue weighted by Crippen LogP contribution is -2.19. The highest BCUT2D eigenvalue weighted by molar-refractivity contribution is 5.83. The predicted octanol–water partition coefficient (Wildman–Crippen LogP) is 2.88. The number of rotatable bonds is 2. The predicted molar refractivity (Wildman–Crippen MR) is 76.5 cm³/mol. The molecule has 20 heavy (non-hydrogen) atoms. The Morgan fingerprint density at radius 1 is 1.25 bits per heavy atom. The van der Waals surface area contributed by atoms with Gasteiger partial charge in [0.2, 0.25) is 0 Å². The van der Waals surface area contributed by atoms with E-state index in [1.54, 1.807) is 4.68 Å². The van der Waals surface area contributed by atoms with Crippen molar-refractivity contribution in [3.05, 3.63) is 41.0 Å². The Labute approximate surface area is 118 Å². The van der Waals surface area contributed by atoms with Crippen molar-refractivity contribution in [2.45, 2.75) is 40.0 Å². The second-order valence-electron chi connectivity index (χ2n) is 6.02. The van der Waals surface area contributed by atoms with E-state index in [0.29, 0.717) is 5.82 Å². The second kappa shape index (κ2) is 4.74. The summed E-state index contributed by atoms with van der Waals surface area (Å²) < 4.78 is 1.64. The normalized spacial score (nSPS) is 11.7. The fourth-order valence-corrected chi connectivity index (χ4v) is 2.10. The molecule has 0 aliphatic carbocycles. The van der Waals surface area contributed by atoms with Crippen molar-refractivity contribution in [2.24, 2.45) is 0 Å². The molecule has 0 bridgehead atoms. The van der Waals surface area contributed by atoms with Crippen LogP contribution in [0, 0.1) is 13.8 Å². The van der Waals surface area contributed by atoms with Crippen molar-refractivity contribution in [3.8, 4) is 5.69 Å². The van der Waals surface area contributed by atoms with Gasteiger partial charge in [-0.3, -0.25) is 0 Å². The Morgan fingerprint density at radius 3 is 2.40 bits per heavy atom. The topological polar surface area (TPSA) is 68.0 Å². The van der Waals surface area contributed by atoms with Crippen molar-refractivity contribution in [2.75, 3.05) is 0 Å². The van der Waals surface area contributed by atoms with Crippen LogP contribution in [0.25, 0.3) is 5.69 Å². The first-order chi connectivity index (χ1) is 9.20. The van der Waals surface area contributed by atoms with Gasteiger partial charge in [-0.05, 0) is 25.5 Å². The molecule has 1 aromatic carbocycles. The lowest BCUT2D eigenvalue weighted by molar-refractivity contribution is 0.0683. The molecule has 1 aromatic heterocycles. The van der Waals surface area contributed by atoms with Gasteiger partial charge in [0.05, 0.1) is 5.69 Å². The minimum atomic E-state index is -1.11. The van der Waals surface area contributed by atoms with Gasteiger partial charge >= 0.3 is 5.97 Å². The Bertz CT molecular complexity index is 666. The van der Waals surface area contributed by atoms with Crippen LogP contribution in [-0.4, -0.2) is 25.8 Å². The van der Waals surface area contributed by atoms with E-state index in [9.17, 15) is 4.79 Å². The Hall–Kier alpha value is -2.17. The maximum absolute atomic E-state index is 11.1. The van der Waals surface area contributed by atoms with E-state index in [4.69, 9.17) is 5.11 Å². The van der Waals surface area contributed by atoms with Crippen molar-refractivity contribution < 1.29 is 9.90 Å². The van der Waals surface area contributed by atoms with E-state index in [0.717, 1.165) is 16.8 Å². The Kier molecular flexibility index (Phi) is 3.38. The van der Waals surface area contributed by atoms with Crippen LogP contribution in [-0.2, 0) is 5.41 Å². The van der Waals surface area contributed by atoms with Crippen LogP contribution in [0.5, 0.6) is 0 Å². The molecule has 0 saturated heterocycles. The maximum Gasteiger partial charge on any atom is 0.375 e. The molecular formula is C15H19N3O2. The highest BCUT2D eigenvalue weighted by Crippen LogP contribution is 2.25. The number of benzene rings is 1. The zero-order valence-corrected chi connectivity index (χ0v) is 12.4. The summed E-state index contributed by atoms with van der Waals surface area (Å²) >= 11 is 0. The average Bonchev–Trinajstić information content (AvgIpc) is 2.73. The molecule has 0 unspecified atom stereocenters. The minimum absolute atomic E-state index is 0.171. The van der Waals surface area contributed by atoms with Crippen LogP contribution in [0.3, 0.4) is 0 Å². The second-order valence-corrected chi connectivity index (χ2v) is 6.02. The molecule has 2 rings (SSSR count). The van der Waals surface area contributed by atoms with Gasteiger partial charge in [-0.25, -0.2) is 14.5 Å². The van der Waals surface area contributed by atoms with Crippen LogP contribution in [0.4, 0.5) is 0 Å². The molecule has 2 aromatic rings. The van der Waals surface area contributed by atoms with Gasteiger partial charge in [-0.15, -0.1) is 5.10 Å². The number of carboxylic acid groups (broad SMARTS) is 1. The van der Waals surface area contributed by atoms with Crippen molar-refractivity contribution in [1.29, 1.82) is 0 Å². The summed E-state index contributed by atoms with van der Waals surface area (Å²) in [5.41, 5.74) is 2.76. The largest absolute Gasteiger partial charge is 0.475 e. The molecule has 0 spiro atoms. The number of aromatic nitrogens is 3. The van der Waals surface area contributed by atoms with E-state index in [2.05, 4.69) is 10.1 Å². The van der Waals surface area contributed by atoms with Gasteiger partial charge < -0.3 is 5.11 Å². The zero-order valence-electron chi connectivity index (χ0n) is 12.4. The van der Waals surface area contributed by atoms with E-state index in [1.165, 1.54) is 0 Å². The number of nitrogens with zero attached hydrogens (tertiary/aromatic N) is 3. The summed E-state index contributed by atoms with van der Waals surface area (Å²) in [4.78, 5) is 15.3. The van der Waals surface area contributed by atoms with Crippen LogP contribution in [0.1, 0.15) is 48.3 Å². The molecular weight excluding hydrogens is 254 g/mol. The highest BCUT2D eigenvalue weighted by Gasteiger charge is 2.26. The standard InChI is InChI=1S/C15H19N3O2/c1-9-6-7-11(10(2)8-9)18-14(15(3,4)5)16-12(17-18)13(19)20/h6-8H,1-5H3,(H,19,20). The SMILES string of the molecule is Cc1ccc(-n2nc(C(=O)O)nc2C(C)(C)C)c(C)c1. The first-order valence-electron chi connectivity index (χ1n) is 6.48. The van der Waals surface area contributed by atoms with Crippen molar-refractivity contribution in [1.82, 2.24) is 14.8 Å². The van der Waals surface area contributed by atoms with Crippen molar-refractivity contribution in [3.63, 3.8) is 0 Å². The molecule has 1 heterocycles. The minimum Gasteiger partial charge on any atom is -0.475 e. The lowest BCUT2D eigenvalue weighted by Gasteiger charge is -2.19. The molecule has 1 N–H and O–H groups in total. The molecule has 0 fully saturated rings. The first-order valence-corrected chi connectivity index (χ1v) is 6.48. The summed E-state index contributed by atoms with van der Waals surface area (Å²) in [6.07, 6.45) is 0. The third kappa shape index (κ3) is 2.57. The number of carboxylic acids is 1. The highest BCUT2D eigenvalue weighted by atomic mass is 16.4. The molecule has 5 heteroatoms. The van der Waals surface area contributed by atoms with E-state index in [1.807, 2.05) is 52.8 Å². The van der Waals surface area contributed by atoms with Crippen LogP contribution in [0.15, 0.2) is 18.2 Å². The fourth-order valence-electron chi connectivity index (χ4n) is 2.10. The number of hydrogen-bond acceptors (Lipinski definition) is 3. The Balaban J connectivity index is 2.69. The number of hydrogen-bond donors (Lipinski definition) is 1. The molecule has 5 nitrogen and oxygen atoms in total. The van der Waals surface area contributed by atoms with E-state index < -0.39 is 5.97 Å². The average molecular weight is 273 g/mol. The third-order valence-corrected chi connectivity index (χ3v) is 3.05. The van der Waals surface area contributed by atoms with E-state index in [-0.39, 0.29) is 11.2 Å². The van der Waals surface area contributed by atoms with Crippen LogP contribution >= 0.6 is 0 Å². The molecule has 106 valence electrons. The van der Waals surface area contributed by atoms with Gasteiger partial charge in [0.1, 0.15) is 5.82 Å². The van der Waals surface area contributed by atoms with Gasteiger partial charge in [0, 0.05) is 5.41 Å². The van der Waals surface area contributed by atoms with Crippen LogP contribution in [0.2, 0.25) is 0 Å². The van der Waals surface area contributed by atoms with E-state index >= 15 is 0 Å². The summed E-state index contributed by atoms with van der Waals surface area (Å²) in [7, 11) is 0. The molecule has 0 aliphatic heterocycles. The first kappa shape index (κ1) is 14.2. The van der Waals surface area contributed by atoms with Gasteiger partial charge in [0.15, 0.2) is 0 Å². The summed E-state index contributed by atoms with van der Waals surface area (Å²) in [5, 5.41) is 13.3. The molecule has 0 radical (unpaired) electrons. The lowest BCUT2D eigenvalue weighted by atomic mass is 9.95. The fraction of sp³-hybridized carbons (Fsp3) is 0.400. The molecule has 0 amide bonds. The Morgan fingerprint density at radius 2 is 1.90 bits per heavy atom. The van der Waals surface area contributed by atoms with Gasteiger partial charge in [0.25, 0.3) is 5.82 Å². The molecule has 0 aliphatic rings. The van der Waals surface area contributed by atoms with Crippen LogP contribution < -0.4 is 0 Å². The maximum atomic E-state index is 11.1. The third-order valence-electron chi connectivity index (χ3n) is 3.05. The van der Waals surface area contributed by atoms with Gasteiger partial charge in [-0.2, -0.15) is 0 Å². The number of carbonyl (C=O) groups is 1. The van der Waals surface area contributed by atoms with Gasteiger partial charge in [-0.1, -0.05) is 38.5 Å². The number of aryl methyl sites for hydroxylation is 2. The quantitative estimate of drug-likeness (QED) is 0.913. The molecule has 0 atom stereocenters.